The first-order valence-electron chi connectivity index (χ1n) is 5.89. The van der Waals surface area contributed by atoms with Crippen LogP contribution in [0.4, 0.5) is 5.00 Å². The average Bonchev–Trinajstić information content (AvgIpc) is 2.95. The Morgan fingerprint density at radius 2 is 1.96 bits per heavy atom. The van der Waals surface area contributed by atoms with Gasteiger partial charge in [-0.2, -0.15) is 5.10 Å². The van der Waals surface area contributed by atoms with Crippen LogP contribution in [0.25, 0.3) is 0 Å². The van der Waals surface area contributed by atoms with Crippen molar-refractivity contribution in [2.45, 2.75) is 5.75 Å². The van der Waals surface area contributed by atoms with Gasteiger partial charge in [-0.25, -0.2) is 0 Å². The van der Waals surface area contributed by atoms with E-state index in [4.69, 9.17) is 12.2 Å². The number of hydrogen-bond donors (Lipinski definition) is 1. The average molecular weight is 515 g/mol. The van der Waals surface area contributed by atoms with Gasteiger partial charge < -0.3 is 24.8 Å². The maximum absolute atomic E-state index is 10.5. The van der Waals surface area contributed by atoms with E-state index < -0.39 is 4.92 Å². The predicted octanol–water partition coefficient (Wildman–Crippen LogP) is -2.20. The Kier molecular flexibility index (Phi) is 14.7. The molecule has 0 aliphatic carbocycles. The van der Waals surface area contributed by atoms with Crippen molar-refractivity contribution in [3.05, 3.63) is 63.0 Å². The first-order chi connectivity index (χ1) is 10.1. The molecule has 132 valence electrons. The van der Waals surface area contributed by atoms with Crippen LogP contribution in [0, 0.1) is 10.1 Å². The first-order valence-corrected chi connectivity index (χ1v) is 8.10. The number of hydrogen-bond acceptors (Lipinski definition) is 6. The summed E-state index contributed by atoms with van der Waals surface area (Å²) < 4.78 is 0.557. The molecule has 0 radical (unpaired) electrons. The molecular weight excluding hydrogens is 504 g/mol. The molecule has 0 aliphatic rings. The number of rotatable bonds is 5. The summed E-state index contributed by atoms with van der Waals surface area (Å²) in [6, 6.07) is 13.1. The van der Waals surface area contributed by atoms with Crippen LogP contribution in [0.15, 0.2) is 47.6 Å². The van der Waals surface area contributed by atoms with E-state index in [0.29, 0.717) is 9.20 Å². The summed E-state index contributed by atoms with van der Waals surface area (Å²) in [7, 11) is 0. The number of nitrogens with zero attached hydrogens (tertiary/aromatic N) is 2. The number of thioether (sulfide) groups is 1. The number of thiophene rings is 1. The number of nitro groups is 1. The Bertz CT molecular complexity index is 671. The van der Waals surface area contributed by atoms with E-state index in [0.717, 1.165) is 17.1 Å². The third-order valence-electron chi connectivity index (χ3n) is 2.35. The number of hydrazone groups is 1. The monoisotopic (exact) mass is 513 g/mol. The number of thiocarbonyl (C=S) groups is 1. The van der Waals surface area contributed by atoms with Crippen LogP contribution in [-0.4, -0.2) is 15.5 Å². The van der Waals surface area contributed by atoms with Gasteiger partial charge >= 0.3 is 25.4 Å². The van der Waals surface area contributed by atoms with E-state index in [9.17, 15) is 10.1 Å². The molecule has 0 fully saturated rings. The van der Waals surface area contributed by atoms with Crippen molar-refractivity contribution in [1.29, 1.82) is 0 Å². The topological polar surface area (TPSA) is 67.5 Å². The van der Waals surface area contributed by atoms with E-state index in [-0.39, 0.29) is 50.2 Å². The van der Waals surface area contributed by atoms with Gasteiger partial charge in [-0.1, -0.05) is 65.6 Å². The minimum Gasteiger partial charge on any atom is -1.00 e. The molecule has 1 heterocycles. The predicted molar refractivity (Wildman–Crippen MR) is 92.0 cm³/mol. The Labute approximate surface area is 179 Å². The summed E-state index contributed by atoms with van der Waals surface area (Å²) in [6.07, 6.45) is 1.52. The Hall–Kier alpha value is -0.528. The molecule has 2 aromatic rings. The molecule has 0 bridgehead atoms. The van der Waals surface area contributed by atoms with Crippen LogP contribution < -0.4 is 30.2 Å². The number of halogens is 2. The first kappa shape index (κ1) is 25.7. The van der Waals surface area contributed by atoms with Gasteiger partial charge in [0.15, 0.2) is 4.32 Å². The largest absolute Gasteiger partial charge is 2.00 e. The fraction of sp³-hybridized carbons (Fsp3) is 0.0769. The van der Waals surface area contributed by atoms with Gasteiger partial charge in [0.05, 0.1) is 16.0 Å². The zero-order chi connectivity index (χ0) is 15.1. The maximum Gasteiger partial charge on any atom is 2.00 e. The molecule has 1 aromatic heterocycles. The smallest absolute Gasteiger partial charge is 1.00 e. The van der Waals surface area contributed by atoms with E-state index in [1.54, 1.807) is 6.07 Å². The number of benzene rings is 1. The Morgan fingerprint density at radius 3 is 2.54 bits per heavy atom. The zero-order valence-corrected chi connectivity index (χ0v) is 17.3. The van der Waals surface area contributed by atoms with Gasteiger partial charge in [0.1, 0.15) is 0 Å². The van der Waals surface area contributed by atoms with Crippen molar-refractivity contribution in [3.63, 3.8) is 0 Å². The maximum atomic E-state index is 10.5. The van der Waals surface area contributed by atoms with Gasteiger partial charge in [0.25, 0.3) is 0 Å². The minimum atomic E-state index is -0.421. The normalized spacial score (nSPS) is 9.33. The van der Waals surface area contributed by atoms with Gasteiger partial charge in [-0.15, -0.1) is 0 Å². The third kappa shape index (κ3) is 9.09. The van der Waals surface area contributed by atoms with Gasteiger partial charge in [-0.3, -0.25) is 15.5 Å². The summed E-state index contributed by atoms with van der Waals surface area (Å²) in [5.74, 6) is 0.771. The van der Waals surface area contributed by atoms with E-state index in [2.05, 4.69) is 10.5 Å². The second kappa shape index (κ2) is 13.7. The fourth-order valence-electron chi connectivity index (χ4n) is 1.41. The summed E-state index contributed by atoms with van der Waals surface area (Å²) in [6.45, 7) is 0. The quantitative estimate of drug-likeness (QED) is 0.161. The molecule has 11 heteroatoms. The van der Waals surface area contributed by atoms with Crippen molar-refractivity contribution in [2.75, 3.05) is 0 Å². The van der Waals surface area contributed by atoms with Crippen molar-refractivity contribution in [1.82, 2.24) is 5.43 Å². The zero-order valence-electron chi connectivity index (χ0n) is 11.8. The molecule has 0 saturated heterocycles. The van der Waals surface area contributed by atoms with Crippen molar-refractivity contribution in [3.8, 4) is 0 Å². The molecule has 1 N–H and O–H groups in total. The molecule has 0 saturated carbocycles. The van der Waals surface area contributed by atoms with Crippen molar-refractivity contribution >= 4 is 50.9 Å². The van der Waals surface area contributed by atoms with Gasteiger partial charge in [-0.05, 0) is 11.6 Å². The molecule has 24 heavy (non-hydrogen) atoms. The van der Waals surface area contributed by atoms with Gasteiger partial charge in [0.2, 0.25) is 0 Å². The van der Waals surface area contributed by atoms with Crippen molar-refractivity contribution in [2.24, 2.45) is 5.10 Å². The summed E-state index contributed by atoms with van der Waals surface area (Å²) in [5.41, 5.74) is 3.93. The molecule has 2 rings (SSSR count). The molecule has 0 unspecified atom stereocenters. The van der Waals surface area contributed by atoms with Crippen molar-refractivity contribution < 1.29 is 50.2 Å². The number of nitrogens with one attached hydrogen (secondary N) is 1. The van der Waals surface area contributed by atoms with E-state index >= 15 is 0 Å². The molecule has 0 spiro atoms. The Balaban J connectivity index is 0. The van der Waals surface area contributed by atoms with Crippen LogP contribution in [0.3, 0.4) is 0 Å². The standard InChI is InChI=1S/C13H11N3O2S3.2ClH.Pd/c17-16(18)12-7-6-11(21-12)8-14-15-13(19)20-9-10-4-2-1-3-5-10;;;/h1-8H,9H2,(H,15,19);2*1H;/q;;;+2/p-2/b14-8-;;;. The minimum absolute atomic E-state index is 0. The van der Waals surface area contributed by atoms with E-state index in [1.165, 1.54) is 29.6 Å². The molecular formula is C13H11Cl2N3O2PdS3. The summed E-state index contributed by atoms with van der Waals surface area (Å²) in [4.78, 5) is 10.8. The van der Waals surface area contributed by atoms with Gasteiger partial charge in [0, 0.05) is 11.8 Å². The molecule has 1 aromatic carbocycles. The van der Waals surface area contributed by atoms with Crippen LogP contribution in [0.5, 0.6) is 0 Å². The molecule has 0 atom stereocenters. The third-order valence-corrected chi connectivity index (χ3v) is 4.60. The van der Waals surface area contributed by atoms with Crippen LogP contribution in [-0.2, 0) is 26.2 Å². The molecule has 5 nitrogen and oxygen atoms in total. The molecule has 0 amide bonds. The molecule has 0 aliphatic heterocycles. The SMILES string of the molecule is O=[N+]([O-])c1ccc(/C=N\NC(=S)SCc2ccccc2)s1.[Cl-].[Cl-].[Pd+2]. The van der Waals surface area contributed by atoms with Crippen LogP contribution in [0.2, 0.25) is 0 Å². The second-order valence-corrected chi connectivity index (χ2v) is 6.61. The second-order valence-electron chi connectivity index (χ2n) is 3.86. The summed E-state index contributed by atoms with van der Waals surface area (Å²) in [5, 5.41) is 14.6. The van der Waals surface area contributed by atoms with E-state index in [1.807, 2.05) is 30.3 Å². The summed E-state index contributed by atoms with van der Waals surface area (Å²) >= 11 is 7.69. The van der Waals surface area contributed by atoms with Crippen LogP contribution in [0.1, 0.15) is 10.4 Å². The fourth-order valence-corrected chi connectivity index (χ4v) is 2.94. The van der Waals surface area contributed by atoms with Crippen LogP contribution >= 0.6 is 35.3 Å². The Morgan fingerprint density at radius 1 is 1.29 bits per heavy atom.